The second kappa shape index (κ2) is 4.73. The zero-order valence-corrected chi connectivity index (χ0v) is 11.1. The second-order valence-electron chi connectivity index (χ2n) is 5.60. The number of nitrogens with one attached hydrogen (secondary N) is 1. The van der Waals surface area contributed by atoms with Crippen LogP contribution in [0.25, 0.3) is 0 Å². The van der Waals surface area contributed by atoms with Crippen molar-refractivity contribution in [3.05, 3.63) is 0 Å². The van der Waals surface area contributed by atoms with Gasteiger partial charge in [0.05, 0.1) is 11.5 Å². The molecule has 0 aromatic rings. The van der Waals surface area contributed by atoms with E-state index in [4.69, 9.17) is 0 Å². The molecule has 0 radical (unpaired) electrons. The maximum Gasteiger partial charge on any atom is 0.220 e. The van der Waals surface area contributed by atoms with Crippen molar-refractivity contribution in [3.63, 3.8) is 0 Å². The summed E-state index contributed by atoms with van der Waals surface area (Å²) in [5.41, 5.74) is -0.210. The molecular weight excluding hydrogens is 226 g/mol. The molecular formula is C11H21NO3S. The third-order valence-corrected chi connectivity index (χ3v) is 4.38. The van der Waals surface area contributed by atoms with Gasteiger partial charge < -0.3 is 5.32 Å². The number of sulfone groups is 1. The molecule has 0 aliphatic carbocycles. The minimum Gasteiger partial charge on any atom is -0.352 e. The third kappa shape index (κ3) is 4.96. The van der Waals surface area contributed by atoms with Crippen molar-refractivity contribution in [2.45, 2.75) is 45.6 Å². The monoisotopic (exact) mass is 247 g/mol. The Labute approximate surface area is 97.7 Å². The second-order valence-corrected chi connectivity index (χ2v) is 7.90. The van der Waals surface area contributed by atoms with Gasteiger partial charge in [0.15, 0.2) is 0 Å². The molecule has 1 amide bonds. The third-order valence-electron chi connectivity index (χ3n) is 2.66. The minimum absolute atomic E-state index is 0.0248. The van der Waals surface area contributed by atoms with E-state index in [1.54, 1.807) is 0 Å². The SMILES string of the molecule is CC(C)(C)NC(=O)CC1CCS(=O)(=O)CC1. The summed E-state index contributed by atoms with van der Waals surface area (Å²) >= 11 is 0. The first kappa shape index (κ1) is 13.5. The molecule has 0 spiro atoms. The van der Waals surface area contributed by atoms with Crippen LogP contribution in [0.2, 0.25) is 0 Å². The van der Waals surface area contributed by atoms with Gasteiger partial charge in [-0.05, 0) is 39.5 Å². The van der Waals surface area contributed by atoms with Crippen molar-refractivity contribution >= 4 is 15.7 Å². The van der Waals surface area contributed by atoms with Gasteiger partial charge in [-0.3, -0.25) is 4.79 Å². The Hall–Kier alpha value is -0.580. The molecule has 16 heavy (non-hydrogen) atoms. The average molecular weight is 247 g/mol. The maximum absolute atomic E-state index is 11.6. The highest BCUT2D eigenvalue weighted by Gasteiger charge is 2.26. The van der Waals surface area contributed by atoms with E-state index in [1.165, 1.54) is 0 Å². The van der Waals surface area contributed by atoms with E-state index in [0.29, 0.717) is 19.3 Å². The first-order chi connectivity index (χ1) is 7.18. The molecule has 5 heteroatoms. The van der Waals surface area contributed by atoms with E-state index in [9.17, 15) is 13.2 Å². The molecule has 0 aromatic heterocycles. The highest BCUT2D eigenvalue weighted by molar-refractivity contribution is 7.91. The minimum atomic E-state index is -2.82. The Bertz CT molecular complexity index is 340. The summed E-state index contributed by atoms with van der Waals surface area (Å²) in [5.74, 6) is 0.726. The van der Waals surface area contributed by atoms with Crippen molar-refractivity contribution in [1.29, 1.82) is 0 Å². The lowest BCUT2D eigenvalue weighted by atomic mass is 9.97. The van der Waals surface area contributed by atoms with Crippen LogP contribution < -0.4 is 5.32 Å². The van der Waals surface area contributed by atoms with E-state index in [-0.39, 0.29) is 28.9 Å². The Morgan fingerprint density at radius 2 is 1.75 bits per heavy atom. The van der Waals surface area contributed by atoms with Crippen LogP contribution >= 0.6 is 0 Å². The van der Waals surface area contributed by atoms with Crippen LogP contribution in [0.4, 0.5) is 0 Å². The zero-order chi connectivity index (χ0) is 12.4. The van der Waals surface area contributed by atoms with Crippen LogP contribution in [-0.4, -0.2) is 31.4 Å². The molecule has 1 rings (SSSR count). The summed E-state index contributed by atoms with van der Waals surface area (Å²) in [6.45, 7) is 5.82. The number of carbonyl (C=O) groups is 1. The van der Waals surface area contributed by atoms with Crippen LogP contribution in [0, 0.1) is 5.92 Å². The predicted molar refractivity (Wildman–Crippen MR) is 63.9 cm³/mol. The van der Waals surface area contributed by atoms with Gasteiger partial charge in [-0.25, -0.2) is 8.42 Å². The molecule has 0 aromatic carbocycles. The van der Waals surface area contributed by atoms with Crippen LogP contribution in [0.1, 0.15) is 40.0 Å². The molecule has 1 fully saturated rings. The number of rotatable bonds is 2. The van der Waals surface area contributed by atoms with Crippen LogP contribution in [0.15, 0.2) is 0 Å². The fourth-order valence-electron chi connectivity index (χ4n) is 1.87. The fourth-order valence-corrected chi connectivity index (χ4v) is 3.46. The van der Waals surface area contributed by atoms with Crippen LogP contribution in [-0.2, 0) is 14.6 Å². The van der Waals surface area contributed by atoms with E-state index in [0.717, 1.165) is 0 Å². The molecule has 0 bridgehead atoms. The van der Waals surface area contributed by atoms with Gasteiger partial charge in [-0.1, -0.05) is 0 Å². The highest BCUT2D eigenvalue weighted by Crippen LogP contribution is 2.22. The van der Waals surface area contributed by atoms with E-state index in [1.807, 2.05) is 20.8 Å². The van der Waals surface area contributed by atoms with Crippen molar-refractivity contribution in [2.24, 2.45) is 5.92 Å². The maximum atomic E-state index is 11.6. The summed E-state index contributed by atoms with van der Waals surface area (Å²) in [6.07, 6.45) is 1.70. The van der Waals surface area contributed by atoms with Gasteiger partial charge >= 0.3 is 0 Å². The molecule has 0 saturated carbocycles. The summed E-state index contributed by atoms with van der Waals surface area (Å²) in [6, 6.07) is 0. The number of amides is 1. The van der Waals surface area contributed by atoms with Gasteiger partial charge in [-0.2, -0.15) is 0 Å². The summed E-state index contributed by atoms with van der Waals surface area (Å²) in [7, 11) is -2.82. The molecule has 0 unspecified atom stereocenters. The lowest BCUT2D eigenvalue weighted by Crippen LogP contribution is -2.41. The summed E-state index contributed by atoms with van der Waals surface area (Å²) in [5, 5.41) is 2.90. The first-order valence-electron chi connectivity index (χ1n) is 5.69. The Balaban J connectivity index is 2.37. The van der Waals surface area contributed by atoms with E-state index >= 15 is 0 Å². The number of hydrogen-bond donors (Lipinski definition) is 1. The lowest BCUT2D eigenvalue weighted by Gasteiger charge is -2.25. The molecule has 1 saturated heterocycles. The smallest absolute Gasteiger partial charge is 0.220 e. The normalized spacial score (nSPS) is 21.7. The number of hydrogen-bond acceptors (Lipinski definition) is 3. The van der Waals surface area contributed by atoms with Crippen molar-refractivity contribution in [2.75, 3.05) is 11.5 Å². The quantitative estimate of drug-likeness (QED) is 0.795. The van der Waals surface area contributed by atoms with Gasteiger partial charge in [0.1, 0.15) is 9.84 Å². The van der Waals surface area contributed by atoms with E-state index < -0.39 is 9.84 Å². The Morgan fingerprint density at radius 1 is 1.25 bits per heavy atom. The number of carbonyl (C=O) groups excluding carboxylic acids is 1. The first-order valence-corrected chi connectivity index (χ1v) is 7.51. The van der Waals surface area contributed by atoms with Gasteiger partial charge in [0, 0.05) is 12.0 Å². The topological polar surface area (TPSA) is 63.2 Å². The standard InChI is InChI=1S/C11H21NO3S/c1-11(2,3)12-10(13)8-9-4-6-16(14,15)7-5-9/h9H,4-8H2,1-3H3,(H,12,13). The van der Waals surface area contributed by atoms with Gasteiger partial charge in [0.25, 0.3) is 0 Å². The zero-order valence-electron chi connectivity index (χ0n) is 10.2. The van der Waals surface area contributed by atoms with Crippen LogP contribution in [0.3, 0.4) is 0 Å². The van der Waals surface area contributed by atoms with Crippen molar-refractivity contribution in [1.82, 2.24) is 5.32 Å². The fraction of sp³-hybridized carbons (Fsp3) is 0.909. The highest BCUT2D eigenvalue weighted by atomic mass is 32.2. The van der Waals surface area contributed by atoms with E-state index in [2.05, 4.69) is 5.32 Å². The molecule has 1 aliphatic rings. The summed E-state index contributed by atoms with van der Waals surface area (Å²) in [4.78, 5) is 11.6. The molecule has 4 nitrogen and oxygen atoms in total. The molecule has 1 aliphatic heterocycles. The van der Waals surface area contributed by atoms with Crippen LogP contribution in [0.5, 0.6) is 0 Å². The molecule has 94 valence electrons. The Kier molecular flexibility index (Phi) is 3.99. The van der Waals surface area contributed by atoms with Gasteiger partial charge in [-0.15, -0.1) is 0 Å². The average Bonchev–Trinajstić information content (AvgIpc) is 2.05. The van der Waals surface area contributed by atoms with Crippen molar-refractivity contribution < 1.29 is 13.2 Å². The molecule has 0 atom stereocenters. The summed E-state index contributed by atoms with van der Waals surface area (Å²) < 4.78 is 22.4. The molecule has 1 heterocycles. The van der Waals surface area contributed by atoms with Crippen molar-refractivity contribution in [3.8, 4) is 0 Å². The van der Waals surface area contributed by atoms with Gasteiger partial charge in [0.2, 0.25) is 5.91 Å². The predicted octanol–water partition coefficient (Wildman–Crippen LogP) is 1.12. The molecule has 1 N–H and O–H groups in total. The Morgan fingerprint density at radius 3 is 2.19 bits per heavy atom. The lowest BCUT2D eigenvalue weighted by molar-refractivity contribution is -0.123. The largest absolute Gasteiger partial charge is 0.352 e.